The molecule has 2 aliphatic heterocycles. The maximum Gasteiger partial charge on any atom is 0.305 e. The molecule has 1 aromatic heterocycles. The van der Waals surface area contributed by atoms with E-state index in [1.54, 1.807) is 17.8 Å². The zero-order valence-electron chi connectivity index (χ0n) is 19.7. The van der Waals surface area contributed by atoms with Crippen molar-refractivity contribution in [3.8, 4) is 11.5 Å². The van der Waals surface area contributed by atoms with Crippen LogP contribution in [0, 0.1) is 35.4 Å². The number of H-pyrrole nitrogens is 1. The molecule has 0 spiro atoms. The second-order valence-electron chi connectivity index (χ2n) is 10.1. The minimum absolute atomic E-state index is 0.00516. The van der Waals surface area contributed by atoms with Crippen molar-refractivity contribution in [1.29, 1.82) is 0 Å². The summed E-state index contributed by atoms with van der Waals surface area (Å²) in [7, 11) is 0. The van der Waals surface area contributed by atoms with Crippen LogP contribution in [0.5, 0.6) is 11.5 Å². The van der Waals surface area contributed by atoms with Gasteiger partial charge in [-0.15, -0.1) is 11.8 Å². The number of carbonyl (C=O) groups is 2. The zero-order valence-corrected chi connectivity index (χ0v) is 21.4. The number of rotatable bonds is 4. The first-order valence-corrected chi connectivity index (χ1v) is 14.1. The number of fused-ring (bicyclic) bond motifs is 9. The van der Waals surface area contributed by atoms with Crippen LogP contribution >= 0.6 is 23.1 Å². The van der Waals surface area contributed by atoms with Crippen molar-refractivity contribution in [3.05, 3.63) is 68.4 Å². The molecule has 4 aliphatic rings. The third kappa shape index (κ3) is 3.21. The number of aromatic hydroxyl groups is 1. The number of carbonyl (C=O) groups excluding carboxylic acids is 2. The van der Waals surface area contributed by atoms with E-state index in [0.29, 0.717) is 18.0 Å². The topological polar surface area (TPSA) is 99.7 Å². The van der Waals surface area contributed by atoms with Gasteiger partial charge in [-0.1, -0.05) is 17.4 Å². The molecule has 3 heterocycles. The van der Waals surface area contributed by atoms with Gasteiger partial charge in [-0.3, -0.25) is 19.3 Å². The summed E-state index contributed by atoms with van der Waals surface area (Å²) in [6.07, 6.45) is 0.776. The number of phenols is 1. The summed E-state index contributed by atoms with van der Waals surface area (Å²) in [5, 5.41) is 11.2. The van der Waals surface area contributed by atoms with Gasteiger partial charge in [0.2, 0.25) is 11.8 Å². The van der Waals surface area contributed by atoms with E-state index in [2.05, 4.69) is 4.98 Å². The monoisotopic (exact) mass is 538 g/mol. The third-order valence-corrected chi connectivity index (χ3v) is 11.0. The SMILES string of the molecule is CCOc1cc([C@@H]2c3sc(=O)[nH]c3S[C@@H]3[C@@H]4C[C@H]([C@H]5C(=O)N(c6ccc(F)cc6)C(=O)[C@H]45)[C@H]23)ccc1O. The summed E-state index contributed by atoms with van der Waals surface area (Å²) in [6, 6.07) is 10.8. The summed E-state index contributed by atoms with van der Waals surface area (Å²) in [5.74, 6) is -1.43. The highest BCUT2D eigenvalue weighted by Crippen LogP contribution is 2.68. The molecule has 7 nitrogen and oxygen atoms in total. The normalized spacial score (nSPS) is 31.4. The number of imide groups is 1. The molecule has 10 heteroatoms. The van der Waals surface area contributed by atoms with Gasteiger partial charge in [0.25, 0.3) is 0 Å². The molecule has 1 saturated heterocycles. The highest BCUT2D eigenvalue weighted by atomic mass is 32.2. The van der Waals surface area contributed by atoms with Crippen LogP contribution in [-0.2, 0) is 9.59 Å². The summed E-state index contributed by atoms with van der Waals surface area (Å²) in [4.78, 5) is 44.8. The Balaban J connectivity index is 1.32. The number of benzene rings is 2. The minimum atomic E-state index is -0.437. The molecule has 2 bridgehead atoms. The van der Waals surface area contributed by atoms with Crippen LogP contribution in [0.15, 0.2) is 52.3 Å². The summed E-state index contributed by atoms with van der Waals surface area (Å²) in [6.45, 7) is 2.25. The van der Waals surface area contributed by atoms with Crippen molar-refractivity contribution in [2.24, 2.45) is 29.6 Å². The highest BCUT2D eigenvalue weighted by molar-refractivity contribution is 8.00. The molecule has 3 fully saturated rings. The fraction of sp³-hybridized carbons (Fsp3) is 0.370. The number of hydrogen-bond acceptors (Lipinski definition) is 7. The molecule has 2 saturated carbocycles. The van der Waals surface area contributed by atoms with Gasteiger partial charge in [-0.2, -0.15) is 0 Å². The minimum Gasteiger partial charge on any atom is -0.504 e. The maximum absolute atomic E-state index is 13.7. The Labute approximate surface area is 219 Å². The number of amides is 2. The number of ether oxygens (including phenoxy) is 1. The number of anilines is 1. The van der Waals surface area contributed by atoms with E-state index in [0.717, 1.165) is 21.9 Å². The molecule has 3 aromatic rings. The Kier molecular flexibility index (Phi) is 5.10. The number of nitrogens with one attached hydrogen (secondary N) is 1. The van der Waals surface area contributed by atoms with Gasteiger partial charge in [-0.05, 0) is 73.1 Å². The highest BCUT2D eigenvalue weighted by Gasteiger charge is 2.69. The third-order valence-electron chi connectivity index (χ3n) is 8.45. The van der Waals surface area contributed by atoms with Crippen LogP contribution in [0.25, 0.3) is 0 Å². The van der Waals surface area contributed by atoms with E-state index in [-0.39, 0.29) is 51.4 Å². The molecule has 0 radical (unpaired) electrons. The first-order valence-electron chi connectivity index (χ1n) is 12.4. The Morgan fingerprint density at radius 1 is 1.08 bits per heavy atom. The van der Waals surface area contributed by atoms with Crippen molar-refractivity contribution >= 4 is 40.6 Å². The Morgan fingerprint density at radius 2 is 1.81 bits per heavy atom. The quantitative estimate of drug-likeness (QED) is 0.479. The van der Waals surface area contributed by atoms with Gasteiger partial charge in [0, 0.05) is 16.0 Å². The van der Waals surface area contributed by atoms with Crippen molar-refractivity contribution in [2.75, 3.05) is 11.5 Å². The van der Waals surface area contributed by atoms with Crippen LogP contribution in [0.4, 0.5) is 10.1 Å². The number of thioether (sulfide) groups is 1. The zero-order chi connectivity index (χ0) is 25.6. The van der Waals surface area contributed by atoms with Crippen molar-refractivity contribution in [1.82, 2.24) is 4.98 Å². The average Bonchev–Trinajstić information content (AvgIpc) is 3.60. The number of phenolic OH excluding ortho intramolecular Hbond substituents is 1. The van der Waals surface area contributed by atoms with Crippen LogP contribution in [0.2, 0.25) is 0 Å². The van der Waals surface area contributed by atoms with E-state index in [1.165, 1.54) is 40.5 Å². The first-order chi connectivity index (χ1) is 17.9. The van der Waals surface area contributed by atoms with Gasteiger partial charge < -0.3 is 14.8 Å². The molecule has 7 atom stereocenters. The van der Waals surface area contributed by atoms with E-state index in [4.69, 9.17) is 4.74 Å². The van der Waals surface area contributed by atoms with E-state index in [1.807, 2.05) is 19.1 Å². The lowest BCUT2D eigenvalue weighted by Crippen LogP contribution is -2.42. The lowest BCUT2D eigenvalue weighted by molar-refractivity contribution is -0.123. The predicted molar refractivity (Wildman–Crippen MR) is 137 cm³/mol. The van der Waals surface area contributed by atoms with Crippen LogP contribution in [0.3, 0.4) is 0 Å². The van der Waals surface area contributed by atoms with Crippen molar-refractivity contribution in [2.45, 2.75) is 29.5 Å². The second-order valence-corrected chi connectivity index (χ2v) is 12.3. The smallest absolute Gasteiger partial charge is 0.305 e. The molecule has 190 valence electrons. The van der Waals surface area contributed by atoms with Gasteiger partial charge in [0.15, 0.2) is 11.5 Å². The standard InChI is InChI=1S/C27H23FN2O5S2/c1-2-35-17-9-11(3-8-16(17)31)18-19-14-10-15(22(19)36-24-23(18)37-27(34)29-24)21-20(14)25(32)30(26(21)33)13-6-4-12(28)5-7-13/h3-9,14-15,18-22,31H,2,10H2,1H3,(H,29,34)/t14-,15+,18-,19+,20+,21+,22+/m0/s1. The predicted octanol–water partition coefficient (Wildman–Crippen LogP) is 4.36. The van der Waals surface area contributed by atoms with E-state index in [9.17, 15) is 23.9 Å². The Morgan fingerprint density at radius 3 is 2.54 bits per heavy atom. The number of aromatic amines is 1. The fourth-order valence-electron chi connectivity index (χ4n) is 7.23. The first kappa shape index (κ1) is 23.0. The number of halogens is 1. The lowest BCUT2D eigenvalue weighted by atomic mass is 9.68. The summed E-state index contributed by atoms with van der Waals surface area (Å²) >= 11 is 2.81. The second kappa shape index (κ2) is 8.19. The van der Waals surface area contributed by atoms with Crippen molar-refractivity contribution < 1.29 is 23.8 Å². The van der Waals surface area contributed by atoms with Crippen molar-refractivity contribution in [3.63, 3.8) is 0 Å². The van der Waals surface area contributed by atoms with Crippen LogP contribution < -0.4 is 14.5 Å². The molecule has 2 N–H and O–H groups in total. The maximum atomic E-state index is 13.7. The fourth-order valence-corrected chi connectivity index (χ4v) is 10.1. The lowest BCUT2D eigenvalue weighted by Gasteiger charge is -2.43. The van der Waals surface area contributed by atoms with Gasteiger partial charge in [-0.25, -0.2) is 4.39 Å². The largest absolute Gasteiger partial charge is 0.504 e. The molecule has 0 unspecified atom stereocenters. The number of nitrogens with zero attached hydrogens (tertiary/aromatic N) is 1. The number of thiazole rings is 1. The van der Waals surface area contributed by atoms with Gasteiger partial charge in [0.05, 0.1) is 29.2 Å². The molecule has 2 aromatic carbocycles. The molecular weight excluding hydrogens is 515 g/mol. The van der Waals surface area contributed by atoms with E-state index >= 15 is 0 Å². The molecule has 37 heavy (non-hydrogen) atoms. The average molecular weight is 539 g/mol. The number of aromatic nitrogens is 1. The molecule has 2 aliphatic carbocycles. The van der Waals surface area contributed by atoms with Gasteiger partial charge in [0.1, 0.15) is 5.82 Å². The van der Waals surface area contributed by atoms with Crippen LogP contribution in [0.1, 0.15) is 29.7 Å². The summed E-state index contributed by atoms with van der Waals surface area (Å²) < 4.78 is 19.2. The van der Waals surface area contributed by atoms with Crippen LogP contribution in [-0.4, -0.2) is 33.8 Å². The molecule has 2 amide bonds. The summed E-state index contributed by atoms with van der Waals surface area (Å²) in [5.41, 5.74) is 1.32. The molecular formula is C27H23FN2O5S2. The van der Waals surface area contributed by atoms with E-state index < -0.39 is 17.7 Å². The van der Waals surface area contributed by atoms with Gasteiger partial charge >= 0.3 is 4.87 Å². The number of hydrogen-bond donors (Lipinski definition) is 2. The molecule has 7 rings (SSSR count). The Bertz CT molecular complexity index is 1500. The Hall–Kier alpha value is -3.11.